The molecule has 9 aromatic rings. The third-order valence-corrected chi connectivity index (χ3v) is 8.41. The van der Waals surface area contributed by atoms with Crippen LogP contribution >= 0.6 is 0 Å². The van der Waals surface area contributed by atoms with Crippen molar-refractivity contribution in [1.29, 1.82) is 0 Å². The summed E-state index contributed by atoms with van der Waals surface area (Å²) in [6, 6.07) is 47.8. The first kappa shape index (κ1) is 25.3. The number of para-hydroxylation sites is 1. The number of hydrogen-bond acceptors (Lipinski definition) is 5. The van der Waals surface area contributed by atoms with E-state index in [1.807, 2.05) is 30.3 Å². The van der Waals surface area contributed by atoms with Crippen LogP contribution in [0.4, 0.5) is 0 Å². The van der Waals surface area contributed by atoms with E-state index in [0.717, 1.165) is 54.7 Å². The van der Waals surface area contributed by atoms with Crippen molar-refractivity contribution in [2.24, 2.45) is 0 Å². The molecule has 0 spiro atoms. The Labute approximate surface area is 258 Å². The van der Waals surface area contributed by atoms with E-state index in [2.05, 4.69) is 114 Å². The van der Waals surface area contributed by atoms with Crippen molar-refractivity contribution in [3.8, 4) is 45.3 Å². The fraction of sp³-hybridized carbons (Fsp3) is 0. The molecular weight excluding hydrogens is 552 g/mol. The minimum Gasteiger partial charge on any atom is -0.437 e. The number of rotatable bonds is 4. The van der Waals surface area contributed by atoms with Crippen molar-refractivity contribution in [2.45, 2.75) is 0 Å². The molecule has 3 heterocycles. The average Bonchev–Trinajstić information content (AvgIpc) is 3.50. The zero-order valence-corrected chi connectivity index (χ0v) is 24.1. The van der Waals surface area contributed by atoms with Crippen LogP contribution in [-0.2, 0) is 0 Å². The van der Waals surface area contributed by atoms with Gasteiger partial charge in [-0.25, -0.2) is 19.9 Å². The normalized spacial score (nSPS) is 11.6. The van der Waals surface area contributed by atoms with Gasteiger partial charge in [-0.05, 0) is 45.5 Å². The first-order valence-electron chi connectivity index (χ1n) is 14.9. The first-order chi connectivity index (χ1) is 22.3. The topological polar surface area (TPSA) is 64.7 Å². The van der Waals surface area contributed by atoms with Crippen molar-refractivity contribution in [2.75, 3.05) is 0 Å². The van der Waals surface area contributed by atoms with Gasteiger partial charge in [0.2, 0.25) is 5.71 Å². The Morgan fingerprint density at radius 2 is 1.02 bits per heavy atom. The Morgan fingerprint density at radius 1 is 0.400 bits per heavy atom. The van der Waals surface area contributed by atoms with Crippen LogP contribution in [0, 0.1) is 0 Å². The Balaban J connectivity index is 1.30. The standard InChI is InChI=1S/C40H24N4O/c1-2-9-25(10-3-1)26-18-22-29(23-19-26)37-42-38(33-15-6-12-28-21-20-27-11-4-5-13-30(27)35(28)33)44-39(43-37)34-16-7-14-31-32-17-8-24-41-40(32)45-36(31)34/h1-24H. The molecule has 210 valence electrons. The Hall–Kier alpha value is -6.20. The van der Waals surface area contributed by atoms with E-state index < -0.39 is 0 Å². The summed E-state index contributed by atoms with van der Waals surface area (Å²) in [5, 5.41) is 6.51. The van der Waals surface area contributed by atoms with E-state index >= 15 is 0 Å². The number of benzene rings is 6. The predicted octanol–water partition coefficient (Wildman–Crippen LogP) is 10.1. The molecule has 45 heavy (non-hydrogen) atoms. The van der Waals surface area contributed by atoms with Gasteiger partial charge in [0.25, 0.3) is 0 Å². The fourth-order valence-electron chi connectivity index (χ4n) is 6.24. The van der Waals surface area contributed by atoms with Crippen LogP contribution in [-0.4, -0.2) is 19.9 Å². The van der Waals surface area contributed by atoms with Crippen molar-refractivity contribution in [1.82, 2.24) is 19.9 Å². The minimum absolute atomic E-state index is 0.545. The van der Waals surface area contributed by atoms with Gasteiger partial charge in [0.1, 0.15) is 5.58 Å². The van der Waals surface area contributed by atoms with E-state index in [9.17, 15) is 0 Å². The summed E-state index contributed by atoms with van der Waals surface area (Å²) < 4.78 is 6.31. The highest BCUT2D eigenvalue weighted by atomic mass is 16.3. The second-order valence-electron chi connectivity index (χ2n) is 11.1. The van der Waals surface area contributed by atoms with Crippen LogP contribution in [0.1, 0.15) is 0 Å². The van der Waals surface area contributed by atoms with Crippen LogP contribution in [0.15, 0.2) is 150 Å². The van der Waals surface area contributed by atoms with Gasteiger partial charge in [-0.3, -0.25) is 0 Å². The summed E-state index contributed by atoms with van der Waals surface area (Å²) in [5.74, 6) is 1.75. The van der Waals surface area contributed by atoms with Gasteiger partial charge in [0, 0.05) is 33.5 Å². The van der Waals surface area contributed by atoms with Gasteiger partial charge in [-0.15, -0.1) is 0 Å². The summed E-state index contributed by atoms with van der Waals surface area (Å²) in [5.41, 5.74) is 6.24. The van der Waals surface area contributed by atoms with Crippen molar-refractivity contribution in [3.05, 3.63) is 146 Å². The molecule has 0 N–H and O–H groups in total. The van der Waals surface area contributed by atoms with Crippen LogP contribution in [0.2, 0.25) is 0 Å². The second kappa shape index (κ2) is 10.2. The lowest BCUT2D eigenvalue weighted by atomic mass is 9.97. The van der Waals surface area contributed by atoms with E-state index in [1.54, 1.807) is 6.20 Å². The quantitative estimate of drug-likeness (QED) is 0.195. The number of pyridine rings is 1. The van der Waals surface area contributed by atoms with Crippen LogP contribution in [0.25, 0.3) is 88.9 Å². The fourth-order valence-corrected chi connectivity index (χ4v) is 6.24. The maximum absolute atomic E-state index is 6.31. The molecule has 3 aromatic heterocycles. The van der Waals surface area contributed by atoms with E-state index in [4.69, 9.17) is 19.4 Å². The zero-order valence-electron chi connectivity index (χ0n) is 24.1. The molecule has 0 saturated carbocycles. The first-order valence-corrected chi connectivity index (χ1v) is 14.9. The average molecular weight is 577 g/mol. The SMILES string of the molecule is c1ccc(-c2ccc(-c3nc(-c4cccc5c4oc4ncccc45)nc(-c4cccc5ccc6ccccc6c45)n3)cc2)cc1. The zero-order chi connectivity index (χ0) is 29.7. The van der Waals surface area contributed by atoms with Crippen LogP contribution < -0.4 is 0 Å². The van der Waals surface area contributed by atoms with Gasteiger partial charge in [-0.2, -0.15) is 0 Å². The van der Waals surface area contributed by atoms with E-state index in [0.29, 0.717) is 28.8 Å². The van der Waals surface area contributed by atoms with Crippen molar-refractivity contribution in [3.63, 3.8) is 0 Å². The van der Waals surface area contributed by atoms with Gasteiger partial charge in [0.15, 0.2) is 17.5 Å². The molecule has 9 rings (SSSR count). The number of fused-ring (bicyclic) bond motifs is 6. The maximum atomic E-state index is 6.31. The Morgan fingerprint density at radius 3 is 1.91 bits per heavy atom. The summed E-state index contributed by atoms with van der Waals surface area (Å²) in [6.07, 6.45) is 1.74. The highest BCUT2D eigenvalue weighted by Crippen LogP contribution is 2.37. The third-order valence-electron chi connectivity index (χ3n) is 8.41. The molecule has 5 heteroatoms. The van der Waals surface area contributed by atoms with E-state index in [1.165, 1.54) is 5.39 Å². The van der Waals surface area contributed by atoms with Gasteiger partial charge < -0.3 is 4.42 Å². The van der Waals surface area contributed by atoms with Crippen molar-refractivity contribution >= 4 is 43.6 Å². The second-order valence-corrected chi connectivity index (χ2v) is 11.1. The molecular formula is C40H24N4O. The Bertz CT molecular complexity index is 2540. The maximum Gasteiger partial charge on any atom is 0.227 e. The van der Waals surface area contributed by atoms with Crippen molar-refractivity contribution < 1.29 is 4.42 Å². The molecule has 5 nitrogen and oxygen atoms in total. The molecule has 0 unspecified atom stereocenters. The molecule has 0 radical (unpaired) electrons. The summed E-state index contributed by atoms with van der Waals surface area (Å²) >= 11 is 0. The molecule has 0 amide bonds. The lowest BCUT2D eigenvalue weighted by Crippen LogP contribution is -2.01. The molecule has 6 aromatic carbocycles. The molecule has 0 aliphatic carbocycles. The van der Waals surface area contributed by atoms with Gasteiger partial charge >= 0.3 is 0 Å². The van der Waals surface area contributed by atoms with Crippen LogP contribution in [0.5, 0.6) is 0 Å². The summed E-state index contributed by atoms with van der Waals surface area (Å²) in [4.78, 5) is 19.8. The molecule has 0 aliphatic heterocycles. The highest BCUT2D eigenvalue weighted by molar-refractivity contribution is 6.14. The van der Waals surface area contributed by atoms with E-state index in [-0.39, 0.29) is 0 Å². The monoisotopic (exact) mass is 576 g/mol. The van der Waals surface area contributed by atoms with Gasteiger partial charge in [-0.1, -0.05) is 121 Å². The molecule has 0 saturated heterocycles. The number of aromatic nitrogens is 4. The number of hydrogen-bond donors (Lipinski definition) is 0. The molecule has 0 bridgehead atoms. The summed E-state index contributed by atoms with van der Waals surface area (Å²) in [6.45, 7) is 0. The Kier molecular flexibility index (Phi) is 5.74. The molecule has 0 atom stereocenters. The largest absolute Gasteiger partial charge is 0.437 e. The number of nitrogens with zero attached hydrogens (tertiary/aromatic N) is 4. The third kappa shape index (κ3) is 4.25. The van der Waals surface area contributed by atoms with Gasteiger partial charge in [0.05, 0.1) is 5.56 Å². The molecule has 0 fully saturated rings. The lowest BCUT2D eigenvalue weighted by Gasteiger charge is -2.12. The summed E-state index contributed by atoms with van der Waals surface area (Å²) in [7, 11) is 0. The molecule has 0 aliphatic rings. The van der Waals surface area contributed by atoms with Crippen LogP contribution in [0.3, 0.4) is 0 Å². The minimum atomic E-state index is 0.545. The smallest absolute Gasteiger partial charge is 0.227 e. The predicted molar refractivity (Wildman–Crippen MR) is 182 cm³/mol. The lowest BCUT2D eigenvalue weighted by molar-refractivity contribution is 0.654. The highest BCUT2D eigenvalue weighted by Gasteiger charge is 2.19. The number of furan rings is 1.